The summed E-state index contributed by atoms with van der Waals surface area (Å²) in [7, 11) is -3.74. The van der Waals surface area contributed by atoms with Crippen LogP contribution in [0.4, 0.5) is 11.4 Å². The molecule has 1 amide bonds. The normalized spacial score (nSPS) is 15.3. The third-order valence-electron chi connectivity index (χ3n) is 4.62. The van der Waals surface area contributed by atoms with Gasteiger partial charge in [0.2, 0.25) is 6.10 Å². The highest BCUT2D eigenvalue weighted by Gasteiger charge is 2.27. The molecule has 0 bridgehead atoms. The lowest BCUT2D eigenvalue weighted by atomic mass is 10.2. The number of ether oxygens (including phenoxy) is 2. The van der Waals surface area contributed by atoms with Crippen LogP contribution in [0, 0.1) is 6.92 Å². The van der Waals surface area contributed by atoms with Gasteiger partial charge in [-0.15, -0.1) is 0 Å². The van der Waals surface area contributed by atoms with Crippen LogP contribution in [0.5, 0.6) is 11.5 Å². The molecule has 3 aromatic carbocycles. The molecule has 3 aromatic rings. The van der Waals surface area contributed by atoms with Crippen molar-refractivity contribution in [3.05, 3.63) is 78.4 Å². The number of anilines is 2. The Morgan fingerprint density at radius 1 is 0.933 bits per heavy atom. The zero-order chi connectivity index (χ0) is 21.1. The number of para-hydroxylation sites is 3. The molecular formula is C22H20N2O5S. The molecule has 0 spiro atoms. The molecule has 154 valence electrons. The van der Waals surface area contributed by atoms with E-state index in [1.54, 1.807) is 30.3 Å². The van der Waals surface area contributed by atoms with E-state index in [0.717, 1.165) is 5.56 Å². The minimum atomic E-state index is -3.74. The van der Waals surface area contributed by atoms with Gasteiger partial charge in [0.15, 0.2) is 11.5 Å². The van der Waals surface area contributed by atoms with E-state index in [2.05, 4.69) is 10.0 Å². The molecule has 1 unspecified atom stereocenters. The molecule has 1 aliphatic rings. The second kappa shape index (κ2) is 8.08. The fourth-order valence-electron chi connectivity index (χ4n) is 2.98. The molecule has 8 heteroatoms. The van der Waals surface area contributed by atoms with Crippen molar-refractivity contribution in [2.75, 3.05) is 16.6 Å². The van der Waals surface area contributed by atoms with Gasteiger partial charge in [0.25, 0.3) is 15.9 Å². The molecule has 0 radical (unpaired) electrons. The van der Waals surface area contributed by atoms with Crippen LogP contribution >= 0.6 is 0 Å². The monoisotopic (exact) mass is 424 g/mol. The summed E-state index contributed by atoms with van der Waals surface area (Å²) in [6, 6.07) is 20.2. The lowest BCUT2D eigenvalue weighted by Crippen LogP contribution is -2.40. The number of rotatable bonds is 5. The first kappa shape index (κ1) is 19.8. The fourth-order valence-corrected chi connectivity index (χ4v) is 4.11. The molecule has 0 saturated carbocycles. The van der Waals surface area contributed by atoms with Gasteiger partial charge in [0.1, 0.15) is 6.61 Å². The molecular weight excluding hydrogens is 404 g/mol. The van der Waals surface area contributed by atoms with Crippen LogP contribution in [-0.2, 0) is 14.8 Å². The molecule has 1 atom stereocenters. The SMILES string of the molecule is Cc1ccccc1NS(=O)(=O)c1ccc(NC(=O)C2COc3ccccc3O2)cc1. The standard InChI is InChI=1S/C22H20N2O5S/c1-15-6-2-3-7-18(15)24-30(26,27)17-12-10-16(11-13-17)23-22(25)21-14-28-19-8-4-5-9-20(19)29-21/h2-13,21,24H,14H2,1H3,(H,23,25). The summed E-state index contributed by atoms with van der Waals surface area (Å²) in [6.07, 6.45) is -0.800. The quantitative estimate of drug-likeness (QED) is 0.653. The highest BCUT2D eigenvalue weighted by atomic mass is 32.2. The second-order valence-corrected chi connectivity index (χ2v) is 8.48. The van der Waals surface area contributed by atoms with Gasteiger partial charge in [0, 0.05) is 5.69 Å². The summed E-state index contributed by atoms with van der Waals surface area (Å²) in [5.41, 5.74) is 1.79. The Labute approximate surface area is 174 Å². The number of carbonyl (C=O) groups is 1. The highest BCUT2D eigenvalue weighted by molar-refractivity contribution is 7.92. The molecule has 1 heterocycles. The van der Waals surface area contributed by atoms with E-state index < -0.39 is 16.1 Å². The molecule has 30 heavy (non-hydrogen) atoms. The Balaban J connectivity index is 1.42. The van der Waals surface area contributed by atoms with Crippen molar-refractivity contribution in [1.82, 2.24) is 0 Å². The molecule has 0 saturated heterocycles. The molecule has 7 nitrogen and oxygen atoms in total. The first-order valence-electron chi connectivity index (χ1n) is 9.30. The van der Waals surface area contributed by atoms with E-state index >= 15 is 0 Å². The topological polar surface area (TPSA) is 93.7 Å². The van der Waals surface area contributed by atoms with Crippen LogP contribution in [-0.4, -0.2) is 27.0 Å². The Hall–Kier alpha value is -3.52. The van der Waals surface area contributed by atoms with Gasteiger partial charge in [-0.25, -0.2) is 8.42 Å². The first-order valence-corrected chi connectivity index (χ1v) is 10.8. The Bertz CT molecular complexity index is 1180. The lowest BCUT2D eigenvalue weighted by Gasteiger charge is -2.25. The highest BCUT2D eigenvalue weighted by Crippen LogP contribution is 2.31. The van der Waals surface area contributed by atoms with Crippen molar-refractivity contribution in [2.24, 2.45) is 0 Å². The number of nitrogens with one attached hydrogen (secondary N) is 2. The molecule has 2 N–H and O–H groups in total. The minimum absolute atomic E-state index is 0.0925. The van der Waals surface area contributed by atoms with E-state index in [0.29, 0.717) is 22.9 Å². The molecule has 1 aliphatic heterocycles. The number of benzene rings is 3. The molecule has 0 fully saturated rings. The summed E-state index contributed by atoms with van der Waals surface area (Å²) in [5.74, 6) is 0.725. The van der Waals surface area contributed by atoms with Gasteiger partial charge in [0.05, 0.1) is 10.6 Å². The van der Waals surface area contributed by atoms with Crippen LogP contribution in [0.3, 0.4) is 0 Å². The van der Waals surface area contributed by atoms with Crippen molar-refractivity contribution >= 4 is 27.3 Å². The summed E-state index contributed by atoms with van der Waals surface area (Å²) in [4.78, 5) is 12.6. The van der Waals surface area contributed by atoms with Crippen molar-refractivity contribution in [2.45, 2.75) is 17.9 Å². The number of amides is 1. The predicted octanol–water partition coefficient (Wildman–Crippen LogP) is 3.57. The molecule has 4 rings (SSSR count). The van der Waals surface area contributed by atoms with Crippen molar-refractivity contribution in [3.63, 3.8) is 0 Å². The van der Waals surface area contributed by atoms with Gasteiger partial charge in [-0.2, -0.15) is 0 Å². The summed E-state index contributed by atoms with van der Waals surface area (Å²) < 4.78 is 39.0. The maximum atomic E-state index is 12.6. The number of hydrogen-bond acceptors (Lipinski definition) is 5. The van der Waals surface area contributed by atoms with Gasteiger partial charge < -0.3 is 14.8 Å². The zero-order valence-corrected chi connectivity index (χ0v) is 17.0. The van der Waals surface area contributed by atoms with E-state index in [1.807, 2.05) is 25.1 Å². The van der Waals surface area contributed by atoms with Crippen molar-refractivity contribution in [3.8, 4) is 11.5 Å². The Morgan fingerprint density at radius 2 is 1.60 bits per heavy atom. The second-order valence-electron chi connectivity index (χ2n) is 6.80. The third-order valence-corrected chi connectivity index (χ3v) is 6.00. The van der Waals surface area contributed by atoms with E-state index in [1.165, 1.54) is 24.3 Å². The van der Waals surface area contributed by atoms with E-state index in [9.17, 15) is 13.2 Å². The van der Waals surface area contributed by atoms with Gasteiger partial charge in [-0.3, -0.25) is 9.52 Å². The summed E-state index contributed by atoms with van der Waals surface area (Å²) in [6.45, 7) is 1.92. The molecule has 0 aliphatic carbocycles. The average Bonchev–Trinajstić information content (AvgIpc) is 2.75. The summed E-state index contributed by atoms with van der Waals surface area (Å²) >= 11 is 0. The van der Waals surface area contributed by atoms with Crippen molar-refractivity contribution in [1.29, 1.82) is 0 Å². The van der Waals surface area contributed by atoms with Crippen LogP contribution in [0.15, 0.2) is 77.7 Å². The Kier molecular flexibility index (Phi) is 5.33. The smallest absolute Gasteiger partial charge is 0.269 e. The Morgan fingerprint density at radius 3 is 2.33 bits per heavy atom. The van der Waals surface area contributed by atoms with Crippen LogP contribution in [0.2, 0.25) is 0 Å². The third kappa shape index (κ3) is 4.23. The first-order chi connectivity index (χ1) is 14.4. The van der Waals surface area contributed by atoms with Crippen LogP contribution < -0.4 is 19.5 Å². The number of sulfonamides is 1. The van der Waals surface area contributed by atoms with Crippen LogP contribution in [0.1, 0.15) is 5.56 Å². The van der Waals surface area contributed by atoms with E-state index in [-0.39, 0.29) is 17.4 Å². The van der Waals surface area contributed by atoms with Crippen LogP contribution in [0.25, 0.3) is 0 Å². The molecule has 0 aromatic heterocycles. The number of hydrogen-bond donors (Lipinski definition) is 2. The summed E-state index contributed by atoms with van der Waals surface area (Å²) in [5, 5.41) is 2.72. The minimum Gasteiger partial charge on any atom is -0.485 e. The van der Waals surface area contributed by atoms with Gasteiger partial charge in [-0.05, 0) is 55.0 Å². The largest absolute Gasteiger partial charge is 0.485 e. The van der Waals surface area contributed by atoms with Gasteiger partial charge in [-0.1, -0.05) is 30.3 Å². The fraction of sp³-hybridized carbons (Fsp3) is 0.136. The maximum absolute atomic E-state index is 12.6. The van der Waals surface area contributed by atoms with Gasteiger partial charge >= 0.3 is 0 Å². The number of fused-ring (bicyclic) bond motifs is 1. The van der Waals surface area contributed by atoms with Crippen molar-refractivity contribution < 1.29 is 22.7 Å². The average molecular weight is 424 g/mol. The number of aryl methyl sites for hydroxylation is 1. The lowest BCUT2D eigenvalue weighted by molar-refractivity contribution is -0.125. The number of carbonyl (C=O) groups excluding carboxylic acids is 1. The maximum Gasteiger partial charge on any atom is 0.269 e. The zero-order valence-electron chi connectivity index (χ0n) is 16.2. The predicted molar refractivity (Wildman–Crippen MR) is 113 cm³/mol. The van der Waals surface area contributed by atoms with E-state index in [4.69, 9.17) is 9.47 Å².